The molecule has 4 rings (SSSR count). The molecule has 1 aliphatic rings. The molecule has 1 N–H and O–H groups in total. The number of thiazole rings is 1. The highest BCUT2D eigenvalue weighted by molar-refractivity contribution is 7.18. The average molecular weight is 351 g/mol. The Morgan fingerprint density at radius 2 is 1.84 bits per heavy atom. The number of nitrogens with one attached hydrogen (secondary N) is 1. The highest BCUT2D eigenvalue weighted by Gasteiger charge is 2.49. The fourth-order valence-electron chi connectivity index (χ4n) is 3.05. The van der Waals surface area contributed by atoms with E-state index in [1.807, 2.05) is 55.5 Å². The van der Waals surface area contributed by atoms with Gasteiger partial charge in [0.2, 0.25) is 0 Å². The predicted octanol–water partition coefficient (Wildman–Crippen LogP) is 3.57. The minimum atomic E-state index is -1.04. The van der Waals surface area contributed by atoms with Gasteiger partial charge in [-0.2, -0.15) is 0 Å². The molecule has 1 saturated heterocycles. The summed E-state index contributed by atoms with van der Waals surface area (Å²) >= 11 is 1.50. The number of aromatic nitrogens is 1. The Kier molecular flexibility index (Phi) is 3.58. The summed E-state index contributed by atoms with van der Waals surface area (Å²) in [5.74, 6) is -0.249. The molecule has 1 atom stereocenters. The molecule has 2 aromatic carbocycles. The van der Waals surface area contributed by atoms with Gasteiger partial charge in [0.1, 0.15) is 10.5 Å². The lowest BCUT2D eigenvalue weighted by Crippen LogP contribution is -2.40. The molecule has 1 fully saturated rings. The standard InChI is InChI=1S/C19H17N3O2S/c1-12-7-9-13(10-8-12)19(2)17(23)22(18(24)21-19)11-16-20-14-5-3-4-6-15(14)25-16/h3-10H,11H2,1-2H3,(H,21,24)/t19-/m1/s1. The summed E-state index contributed by atoms with van der Waals surface area (Å²) in [6, 6.07) is 15.1. The van der Waals surface area contributed by atoms with Crippen molar-refractivity contribution in [3.05, 3.63) is 64.7 Å². The quantitative estimate of drug-likeness (QED) is 0.734. The van der Waals surface area contributed by atoms with E-state index in [1.165, 1.54) is 16.2 Å². The Bertz CT molecular complexity index is 947. The van der Waals surface area contributed by atoms with Gasteiger partial charge in [-0.05, 0) is 31.5 Å². The minimum absolute atomic E-state index is 0.186. The third-order valence-corrected chi connectivity index (χ3v) is 5.56. The molecule has 1 aliphatic heterocycles. The second-order valence-corrected chi connectivity index (χ2v) is 7.50. The zero-order valence-electron chi connectivity index (χ0n) is 13.9. The lowest BCUT2D eigenvalue weighted by molar-refractivity contribution is -0.131. The number of aryl methyl sites for hydroxylation is 1. The number of benzene rings is 2. The van der Waals surface area contributed by atoms with Gasteiger partial charge in [-0.3, -0.25) is 9.69 Å². The largest absolute Gasteiger partial charge is 0.325 e. The van der Waals surface area contributed by atoms with E-state index in [0.717, 1.165) is 26.4 Å². The second kappa shape index (κ2) is 5.67. The van der Waals surface area contributed by atoms with E-state index in [9.17, 15) is 9.59 Å². The number of carbonyl (C=O) groups is 2. The van der Waals surface area contributed by atoms with Crippen LogP contribution in [0.25, 0.3) is 10.2 Å². The van der Waals surface area contributed by atoms with Gasteiger partial charge in [0, 0.05) is 0 Å². The molecule has 5 nitrogen and oxygen atoms in total. The molecule has 6 heteroatoms. The normalized spacial score (nSPS) is 20.3. The number of fused-ring (bicyclic) bond motifs is 1. The number of nitrogens with zero attached hydrogens (tertiary/aromatic N) is 2. The van der Waals surface area contributed by atoms with E-state index < -0.39 is 5.54 Å². The van der Waals surface area contributed by atoms with Gasteiger partial charge in [0.15, 0.2) is 0 Å². The molecular formula is C19H17N3O2S. The molecule has 3 aromatic rings. The summed E-state index contributed by atoms with van der Waals surface area (Å²) in [6.07, 6.45) is 0. The third-order valence-electron chi connectivity index (χ3n) is 4.54. The monoisotopic (exact) mass is 351 g/mol. The number of imide groups is 1. The Hall–Kier alpha value is -2.73. The molecule has 0 aliphatic carbocycles. The molecule has 1 aromatic heterocycles. The maximum atomic E-state index is 13.0. The maximum absolute atomic E-state index is 13.0. The molecule has 0 saturated carbocycles. The molecule has 0 radical (unpaired) electrons. The van der Waals surface area contributed by atoms with Gasteiger partial charge in [-0.25, -0.2) is 9.78 Å². The highest BCUT2D eigenvalue weighted by Crippen LogP contribution is 2.31. The van der Waals surface area contributed by atoms with Crippen molar-refractivity contribution in [2.45, 2.75) is 25.9 Å². The van der Waals surface area contributed by atoms with Crippen LogP contribution >= 0.6 is 11.3 Å². The van der Waals surface area contributed by atoms with Crippen molar-refractivity contribution in [2.75, 3.05) is 0 Å². The van der Waals surface area contributed by atoms with Crippen LogP contribution in [0.2, 0.25) is 0 Å². The second-order valence-electron chi connectivity index (χ2n) is 6.39. The van der Waals surface area contributed by atoms with Crippen molar-refractivity contribution in [3.63, 3.8) is 0 Å². The lowest BCUT2D eigenvalue weighted by Gasteiger charge is -2.22. The third kappa shape index (κ3) is 2.59. The topological polar surface area (TPSA) is 62.3 Å². The fraction of sp³-hybridized carbons (Fsp3) is 0.211. The van der Waals surface area contributed by atoms with Crippen LogP contribution in [-0.2, 0) is 16.9 Å². The first-order valence-corrected chi connectivity index (χ1v) is 8.85. The molecule has 0 bridgehead atoms. The number of hydrogen-bond donors (Lipinski definition) is 1. The summed E-state index contributed by atoms with van der Waals surface area (Å²) in [6.45, 7) is 3.92. The van der Waals surface area contributed by atoms with Crippen LogP contribution in [0.3, 0.4) is 0 Å². The highest BCUT2D eigenvalue weighted by atomic mass is 32.1. The van der Waals surface area contributed by atoms with Gasteiger partial charge in [-0.1, -0.05) is 42.0 Å². The van der Waals surface area contributed by atoms with E-state index in [0.29, 0.717) is 0 Å². The van der Waals surface area contributed by atoms with Crippen molar-refractivity contribution in [2.24, 2.45) is 0 Å². The van der Waals surface area contributed by atoms with Gasteiger partial charge in [0.25, 0.3) is 5.91 Å². The molecule has 126 valence electrons. The first kappa shape index (κ1) is 15.8. The SMILES string of the molecule is Cc1ccc([C@@]2(C)NC(=O)N(Cc3nc4ccccc4s3)C2=O)cc1. The molecule has 0 spiro atoms. The molecule has 2 heterocycles. The van der Waals surface area contributed by atoms with Crippen molar-refractivity contribution in [1.29, 1.82) is 0 Å². The van der Waals surface area contributed by atoms with Crippen molar-refractivity contribution in [3.8, 4) is 0 Å². The van der Waals surface area contributed by atoms with E-state index in [4.69, 9.17) is 0 Å². The fourth-order valence-corrected chi connectivity index (χ4v) is 4.00. The Balaban J connectivity index is 1.63. The number of carbonyl (C=O) groups excluding carboxylic acids is 2. The summed E-state index contributed by atoms with van der Waals surface area (Å²) in [5, 5.41) is 3.58. The van der Waals surface area contributed by atoms with Crippen LogP contribution in [0.15, 0.2) is 48.5 Å². The van der Waals surface area contributed by atoms with Gasteiger partial charge in [0.05, 0.1) is 16.8 Å². The summed E-state index contributed by atoms with van der Waals surface area (Å²) < 4.78 is 1.05. The first-order valence-electron chi connectivity index (χ1n) is 8.03. The van der Waals surface area contributed by atoms with Gasteiger partial charge >= 0.3 is 6.03 Å². The number of para-hydroxylation sites is 1. The van der Waals surface area contributed by atoms with Crippen LogP contribution in [0.1, 0.15) is 23.1 Å². The number of rotatable bonds is 3. The van der Waals surface area contributed by atoms with Crippen LogP contribution < -0.4 is 5.32 Å². The van der Waals surface area contributed by atoms with Gasteiger partial charge < -0.3 is 5.32 Å². The van der Waals surface area contributed by atoms with Crippen molar-refractivity contribution in [1.82, 2.24) is 15.2 Å². The van der Waals surface area contributed by atoms with Crippen LogP contribution in [-0.4, -0.2) is 21.8 Å². The Morgan fingerprint density at radius 1 is 1.12 bits per heavy atom. The molecule has 3 amide bonds. The Labute approximate surface area is 149 Å². The maximum Gasteiger partial charge on any atom is 0.325 e. The summed E-state index contributed by atoms with van der Waals surface area (Å²) in [7, 11) is 0. The minimum Gasteiger partial charge on any atom is -0.319 e. The van der Waals surface area contributed by atoms with E-state index in [1.54, 1.807) is 6.92 Å². The predicted molar refractivity (Wildman–Crippen MR) is 97.2 cm³/mol. The smallest absolute Gasteiger partial charge is 0.319 e. The number of hydrogen-bond acceptors (Lipinski definition) is 4. The lowest BCUT2D eigenvalue weighted by atomic mass is 9.91. The number of amides is 3. The van der Waals surface area contributed by atoms with Crippen LogP contribution in [0.5, 0.6) is 0 Å². The van der Waals surface area contributed by atoms with Crippen molar-refractivity contribution < 1.29 is 9.59 Å². The molecular weight excluding hydrogens is 334 g/mol. The van der Waals surface area contributed by atoms with E-state index in [2.05, 4.69) is 10.3 Å². The average Bonchev–Trinajstić information content (AvgIpc) is 3.10. The van der Waals surface area contributed by atoms with E-state index >= 15 is 0 Å². The summed E-state index contributed by atoms with van der Waals surface area (Å²) in [4.78, 5) is 31.2. The van der Waals surface area contributed by atoms with Crippen LogP contribution in [0.4, 0.5) is 4.79 Å². The van der Waals surface area contributed by atoms with Gasteiger partial charge in [-0.15, -0.1) is 11.3 Å². The van der Waals surface area contributed by atoms with Crippen LogP contribution in [0, 0.1) is 6.92 Å². The zero-order chi connectivity index (χ0) is 17.6. The summed E-state index contributed by atoms with van der Waals surface area (Å²) in [5.41, 5.74) is 1.73. The molecule has 25 heavy (non-hydrogen) atoms. The van der Waals surface area contributed by atoms with E-state index in [-0.39, 0.29) is 18.5 Å². The first-order chi connectivity index (χ1) is 12.0. The zero-order valence-corrected chi connectivity index (χ0v) is 14.8. The Morgan fingerprint density at radius 3 is 2.56 bits per heavy atom. The number of urea groups is 1. The van der Waals surface area contributed by atoms with Crippen molar-refractivity contribution >= 4 is 33.5 Å². The molecule has 0 unspecified atom stereocenters.